The van der Waals surface area contributed by atoms with E-state index in [2.05, 4.69) is 10.1 Å². The van der Waals surface area contributed by atoms with Gasteiger partial charge in [0.05, 0.1) is 11.5 Å². The summed E-state index contributed by atoms with van der Waals surface area (Å²) in [5.41, 5.74) is -0.289. The molecule has 1 aromatic carbocycles. The number of nitro benzene ring substituents is 1. The fourth-order valence-corrected chi connectivity index (χ4v) is 1.57. The molecule has 0 spiro atoms. The molecule has 0 aromatic heterocycles. The predicted octanol–water partition coefficient (Wildman–Crippen LogP) is 2.56. The number of carbonyl (C=O) groups excluding carboxylic acids is 1. The van der Waals surface area contributed by atoms with E-state index in [4.69, 9.17) is 11.6 Å². The molecule has 0 bridgehead atoms. The third kappa shape index (κ3) is 5.96. The molecule has 0 unspecified atom stereocenters. The van der Waals surface area contributed by atoms with E-state index in [9.17, 15) is 28.1 Å². The summed E-state index contributed by atoms with van der Waals surface area (Å²) >= 11 is 5.63. The summed E-state index contributed by atoms with van der Waals surface area (Å²) in [4.78, 5) is 21.5. The van der Waals surface area contributed by atoms with Crippen molar-refractivity contribution in [1.29, 1.82) is 0 Å². The first-order chi connectivity index (χ1) is 9.70. The van der Waals surface area contributed by atoms with Crippen LogP contribution in [0, 0.1) is 10.1 Å². The number of ether oxygens (including phenoxy) is 1. The summed E-state index contributed by atoms with van der Waals surface area (Å²) in [6, 6.07) is 3.36. The fourth-order valence-electron chi connectivity index (χ4n) is 1.32. The summed E-state index contributed by atoms with van der Waals surface area (Å²) in [6.07, 6.45) is -4.42. The van der Waals surface area contributed by atoms with Gasteiger partial charge in [-0.1, -0.05) is 11.6 Å². The van der Waals surface area contributed by atoms with Crippen molar-refractivity contribution in [2.75, 3.05) is 19.8 Å². The van der Waals surface area contributed by atoms with Crippen LogP contribution in [0.4, 0.5) is 18.9 Å². The smallest absolute Gasteiger partial charge is 0.370 e. The number of alkyl halides is 3. The SMILES string of the molecule is O=C(NCCOCC(F)(F)F)c1ccc([N+](=O)[O-])c(Cl)c1. The van der Waals surface area contributed by atoms with Crippen LogP contribution in [0.15, 0.2) is 18.2 Å². The van der Waals surface area contributed by atoms with Crippen LogP contribution in [0.25, 0.3) is 0 Å². The Morgan fingerprint density at radius 3 is 2.62 bits per heavy atom. The highest BCUT2D eigenvalue weighted by Gasteiger charge is 2.27. The Hall–Kier alpha value is -1.87. The number of amides is 1. The molecular weight excluding hydrogens is 317 g/mol. The Morgan fingerprint density at radius 1 is 1.43 bits per heavy atom. The zero-order valence-corrected chi connectivity index (χ0v) is 11.2. The van der Waals surface area contributed by atoms with Crippen molar-refractivity contribution in [3.8, 4) is 0 Å². The first-order valence-corrected chi connectivity index (χ1v) is 5.95. The molecule has 10 heteroatoms. The fraction of sp³-hybridized carbons (Fsp3) is 0.364. The molecule has 1 rings (SSSR count). The summed E-state index contributed by atoms with van der Waals surface area (Å²) in [5.74, 6) is -0.623. The normalized spacial score (nSPS) is 11.2. The van der Waals surface area contributed by atoms with E-state index in [0.29, 0.717) is 0 Å². The van der Waals surface area contributed by atoms with Crippen LogP contribution in [-0.2, 0) is 4.74 Å². The Labute approximate surface area is 122 Å². The van der Waals surface area contributed by atoms with E-state index in [-0.39, 0.29) is 29.4 Å². The number of rotatable bonds is 6. The maximum atomic E-state index is 11.8. The van der Waals surface area contributed by atoms with Gasteiger partial charge in [-0.25, -0.2) is 0 Å². The molecule has 0 heterocycles. The lowest BCUT2D eigenvalue weighted by Gasteiger charge is -2.08. The molecule has 0 radical (unpaired) electrons. The number of hydrogen-bond acceptors (Lipinski definition) is 4. The summed E-state index contributed by atoms with van der Waals surface area (Å²) in [5, 5.41) is 12.6. The molecule has 1 aromatic rings. The van der Waals surface area contributed by atoms with Crippen LogP contribution in [0.5, 0.6) is 0 Å². The van der Waals surface area contributed by atoms with Gasteiger partial charge in [-0.2, -0.15) is 13.2 Å². The Bertz CT molecular complexity index is 537. The maximum Gasteiger partial charge on any atom is 0.411 e. The second kappa shape index (κ2) is 7.23. The van der Waals surface area contributed by atoms with Crippen LogP contribution in [0.3, 0.4) is 0 Å². The lowest BCUT2D eigenvalue weighted by Crippen LogP contribution is -2.28. The summed E-state index contributed by atoms with van der Waals surface area (Å²) in [7, 11) is 0. The molecule has 0 fully saturated rings. The Morgan fingerprint density at radius 2 is 2.10 bits per heavy atom. The van der Waals surface area contributed by atoms with Crippen molar-refractivity contribution in [1.82, 2.24) is 5.32 Å². The number of nitrogens with one attached hydrogen (secondary N) is 1. The molecule has 0 aliphatic heterocycles. The van der Waals surface area contributed by atoms with Crippen LogP contribution in [0.2, 0.25) is 5.02 Å². The molecule has 116 valence electrons. The third-order valence-electron chi connectivity index (χ3n) is 2.20. The third-order valence-corrected chi connectivity index (χ3v) is 2.51. The average Bonchev–Trinajstić information content (AvgIpc) is 2.36. The van der Waals surface area contributed by atoms with Gasteiger partial charge in [0.15, 0.2) is 0 Å². The highest BCUT2D eigenvalue weighted by atomic mass is 35.5. The molecule has 0 aliphatic rings. The highest BCUT2D eigenvalue weighted by Crippen LogP contribution is 2.24. The molecular formula is C11H10ClF3N2O4. The first-order valence-electron chi connectivity index (χ1n) is 5.57. The standard InChI is InChI=1S/C11H10ClF3N2O4/c12-8-5-7(1-2-9(8)17(19)20)10(18)16-3-4-21-6-11(13,14)15/h1-2,5H,3-4,6H2,(H,16,18). The van der Waals surface area contributed by atoms with Crippen LogP contribution in [0.1, 0.15) is 10.4 Å². The van der Waals surface area contributed by atoms with Gasteiger partial charge in [0.2, 0.25) is 0 Å². The number of carbonyl (C=O) groups is 1. The quantitative estimate of drug-likeness (QED) is 0.495. The number of hydrogen-bond donors (Lipinski definition) is 1. The van der Waals surface area contributed by atoms with Gasteiger partial charge >= 0.3 is 6.18 Å². The molecule has 1 N–H and O–H groups in total. The number of benzene rings is 1. The van der Waals surface area contributed by atoms with Gasteiger partial charge in [-0.05, 0) is 12.1 Å². The van der Waals surface area contributed by atoms with Crippen molar-refractivity contribution in [3.63, 3.8) is 0 Å². The van der Waals surface area contributed by atoms with Crippen LogP contribution >= 0.6 is 11.6 Å². The van der Waals surface area contributed by atoms with Crippen molar-refractivity contribution in [3.05, 3.63) is 38.9 Å². The maximum absolute atomic E-state index is 11.8. The van der Waals surface area contributed by atoms with Gasteiger partial charge in [0.25, 0.3) is 11.6 Å². The predicted molar refractivity (Wildman–Crippen MR) is 67.3 cm³/mol. The minimum absolute atomic E-state index is 0.0569. The lowest BCUT2D eigenvalue weighted by molar-refractivity contribution is -0.384. The van der Waals surface area contributed by atoms with Gasteiger partial charge in [0.1, 0.15) is 11.6 Å². The van der Waals surface area contributed by atoms with E-state index in [1.807, 2.05) is 0 Å². The molecule has 6 nitrogen and oxygen atoms in total. The minimum atomic E-state index is -4.42. The van der Waals surface area contributed by atoms with Gasteiger partial charge in [-0.15, -0.1) is 0 Å². The van der Waals surface area contributed by atoms with Gasteiger partial charge < -0.3 is 10.1 Å². The summed E-state index contributed by atoms with van der Waals surface area (Å²) in [6.45, 7) is -1.85. The van der Waals surface area contributed by atoms with Gasteiger partial charge in [-0.3, -0.25) is 14.9 Å². The highest BCUT2D eigenvalue weighted by molar-refractivity contribution is 6.33. The first kappa shape index (κ1) is 17.2. The number of halogens is 4. The van der Waals surface area contributed by atoms with Crippen LogP contribution < -0.4 is 5.32 Å². The van der Waals surface area contributed by atoms with Crippen LogP contribution in [-0.4, -0.2) is 36.8 Å². The topological polar surface area (TPSA) is 81.5 Å². The molecule has 0 aliphatic carbocycles. The lowest BCUT2D eigenvalue weighted by atomic mass is 10.2. The van der Waals surface area contributed by atoms with Gasteiger partial charge in [0, 0.05) is 18.2 Å². The molecule has 0 atom stereocenters. The van der Waals surface area contributed by atoms with Crippen molar-refractivity contribution < 1.29 is 27.6 Å². The van der Waals surface area contributed by atoms with E-state index in [1.165, 1.54) is 6.07 Å². The number of nitrogens with zero attached hydrogens (tertiary/aromatic N) is 1. The Kier molecular flexibility index (Phi) is 5.91. The largest absolute Gasteiger partial charge is 0.411 e. The minimum Gasteiger partial charge on any atom is -0.370 e. The van der Waals surface area contributed by atoms with Crippen molar-refractivity contribution >= 4 is 23.2 Å². The summed E-state index contributed by atoms with van der Waals surface area (Å²) < 4.78 is 39.6. The van der Waals surface area contributed by atoms with E-state index < -0.39 is 23.6 Å². The number of nitro groups is 1. The molecule has 21 heavy (non-hydrogen) atoms. The van der Waals surface area contributed by atoms with E-state index in [0.717, 1.165) is 12.1 Å². The van der Waals surface area contributed by atoms with Crippen molar-refractivity contribution in [2.24, 2.45) is 0 Å². The van der Waals surface area contributed by atoms with E-state index >= 15 is 0 Å². The molecule has 0 saturated carbocycles. The Balaban J connectivity index is 2.46. The molecule has 1 amide bonds. The van der Waals surface area contributed by atoms with Crippen molar-refractivity contribution in [2.45, 2.75) is 6.18 Å². The second-order valence-electron chi connectivity index (χ2n) is 3.85. The second-order valence-corrected chi connectivity index (χ2v) is 4.25. The zero-order chi connectivity index (χ0) is 16.0. The van der Waals surface area contributed by atoms with E-state index in [1.54, 1.807) is 0 Å². The monoisotopic (exact) mass is 326 g/mol. The molecule has 0 saturated heterocycles. The average molecular weight is 327 g/mol. The zero-order valence-electron chi connectivity index (χ0n) is 10.4.